The molecule has 116 valence electrons. The summed E-state index contributed by atoms with van der Waals surface area (Å²) in [5, 5.41) is 7.27. The lowest BCUT2D eigenvalue weighted by molar-refractivity contribution is -0.120. The molecule has 22 heavy (non-hydrogen) atoms. The molecule has 1 aliphatic rings. The molecule has 0 aliphatic carbocycles. The van der Waals surface area contributed by atoms with Gasteiger partial charge >= 0.3 is 0 Å². The van der Waals surface area contributed by atoms with Crippen molar-refractivity contribution in [1.29, 1.82) is 0 Å². The molecule has 2 aromatic rings. The third-order valence-corrected chi connectivity index (χ3v) is 4.06. The molecular formula is C17H22N4O. The zero-order valence-corrected chi connectivity index (χ0v) is 12.9. The molecule has 0 saturated carbocycles. The summed E-state index contributed by atoms with van der Waals surface area (Å²) in [7, 11) is 0. The lowest BCUT2D eigenvalue weighted by atomic mass is 10.2. The van der Waals surface area contributed by atoms with E-state index in [-0.39, 0.29) is 11.9 Å². The molecule has 1 fully saturated rings. The van der Waals surface area contributed by atoms with E-state index in [2.05, 4.69) is 22.2 Å². The number of nitrogens with one attached hydrogen (secondary N) is 1. The zero-order valence-electron chi connectivity index (χ0n) is 12.9. The van der Waals surface area contributed by atoms with Gasteiger partial charge in [-0.2, -0.15) is 5.10 Å². The van der Waals surface area contributed by atoms with Gasteiger partial charge in [0.2, 0.25) is 5.91 Å². The number of hydrogen-bond acceptors (Lipinski definition) is 3. The van der Waals surface area contributed by atoms with Gasteiger partial charge in [0.15, 0.2) is 0 Å². The Bertz CT molecular complexity index is 623. The molecule has 1 saturated heterocycles. The fourth-order valence-electron chi connectivity index (χ4n) is 3.05. The number of amides is 1. The van der Waals surface area contributed by atoms with Crippen LogP contribution in [0.25, 0.3) is 5.69 Å². The topological polar surface area (TPSA) is 50.2 Å². The standard InChI is InChI=1S/C17H22N4O/c1-2-10-20-11-4-8-16(20)17(22)19-14-6-3-7-15(13-14)21-12-5-9-18-21/h3,5-7,9,12-13,16H,2,4,8,10-11H2,1H3,(H,19,22)/t16-/m1/s1. The van der Waals surface area contributed by atoms with Crippen molar-refractivity contribution in [2.75, 3.05) is 18.4 Å². The molecule has 0 bridgehead atoms. The van der Waals surface area contributed by atoms with Gasteiger partial charge in [0, 0.05) is 18.1 Å². The minimum atomic E-state index is 0.00769. The lowest BCUT2D eigenvalue weighted by Crippen LogP contribution is -2.39. The average Bonchev–Trinajstić information content (AvgIpc) is 3.19. The third-order valence-electron chi connectivity index (χ3n) is 4.06. The van der Waals surface area contributed by atoms with E-state index in [1.807, 2.05) is 36.5 Å². The van der Waals surface area contributed by atoms with E-state index in [4.69, 9.17) is 0 Å². The molecular weight excluding hydrogens is 276 g/mol. The Kier molecular flexibility index (Phi) is 4.53. The Balaban J connectivity index is 1.70. The summed E-state index contributed by atoms with van der Waals surface area (Å²) in [6.45, 7) is 4.17. The van der Waals surface area contributed by atoms with Crippen LogP contribution in [0.3, 0.4) is 0 Å². The SMILES string of the molecule is CCCN1CCC[C@@H]1C(=O)Nc1cccc(-n2cccn2)c1. The van der Waals surface area contributed by atoms with Gasteiger partial charge in [0.25, 0.3) is 0 Å². The van der Waals surface area contributed by atoms with E-state index in [1.165, 1.54) is 0 Å². The highest BCUT2D eigenvalue weighted by atomic mass is 16.2. The van der Waals surface area contributed by atoms with Crippen molar-refractivity contribution < 1.29 is 4.79 Å². The maximum atomic E-state index is 12.5. The predicted molar refractivity (Wildman–Crippen MR) is 87.1 cm³/mol. The summed E-state index contributed by atoms with van der Waals surface area (Å²) in [5.41, 5.74) is 1.76. The molecule has 5 nitrogen and oxygen atoms in total. The fraction of sp³-hybridized carbons (Fsp3) is 0.412. The number of rotatable bonds is 5. The molecule has 0 spiro atoms. The Morgan fingerprint density at radius 2 is 2.32 bits per heavy atom. The number of carbonyl (C=O) groups excluding carboxylic acids is 1. The summed E-state index contributed by atoms with van der Waals surface area (Å²) >= 11 is 0. The van der Waals surface area contributed by atoms with E-state index in [0.717, 1.165) is 43.7 Å². The Hall–Kier alpha value is -2.14. The molecule has 1 aromatic carbocycles. The minimum Gasteiger partial charge on any atom is -0.325 e. The van der Waals surface area contributed by atoms with E-state index in [1.54, 1.807) is 10.9 Å². The molecule has 1 amide bonds. The van der Waals surface area contributed by atoms with Crippen LogP contribution in [-0.4, -0.2) is 39.7 Å². The molecule has 3 rings (SSSR count). The van der Waals surface area contributed by atoms with Crippen molar-refractivity contribution in [3.8, 4) is 5.69 Å². The monoisotopic (exact) mass is 298 g/mol. The highest BCUT2D eigenvalue weighted by Crippen LogP contribution is 2.20. The van der Waals surface area contributed by atoms with Crippen LogP contribution in [-0.2, 0) is 4.79 Å². The second-order valence-corrected chi connectivity index (χ2v) is 5.68. The number of anilines is 1. The second kappa shape index (κ2) is 6.75. The Morgan fingerprint density at radius 3 is 3.09 bits per heavy atom. The second-order valence-electron chi connectivity index (χ2n) is 5.68. The van der Waals surface area contributed by atoms with Crippen molar-refractivity contribution in [3.05, 3.63) is 42.7 Å². The number of nitrogens with zero attached hydrogens (tertiary/aromatic N) is 3. The van der Waals surface area contributed by atoms with Crippen molar-refractivity contribution in [2.45, 2.75) is 32.2 Å². The first-order chi connectivity index (χ1) is 10.8. The van der Waals surface area contributed by atoms with E-state index < -0.39 is 0 Å². The quantitative estimate of drug-likeness (QED) is 0.923. The van der Waals surface area contributed by atoms with Gasteiger partial charge in [-0.15, -0.1) is 0 Å². The fourth-order valence-corrected chi connectivity index (χ4v) is 3.05. The molecule has 1 aliphatic heterocycles. The number of likely N-dealkylation sites (tertiary alicyclic amines) is 1. The van der Waals surface area contributed by atoms with Gasteiger partial charge in [-0.1, -0.05) is 13.0 Å². The van der Waals surface area contributed by atoms with Gasteiger partial charge < -0.3 is 5.32 Å². The Labute approximate surface area is 130 Å². The smallest absolute Gasteiger partial charge is 0.241 e. The molecule has 0 radical (unpaired) electrons. The maximum absolute atomic E-state index is 12.5. The maximum Gasteiger partial charge on any atom is 0.241 e. The van der Waals surface area contributed by atoms with Crippen LogP contribution < -0.4 is 5.32 Å². The summed E-state index contributed by atoms with van der Waals surface area (Å²) in [5.74, 6) is 0.101. The van der Waals surface area contributed by atoms with Gasteiger partial charge in [0.05, 0.1) is 11.7 Å². The average molecular weight is 298 g/mol. The highest BCUT2D eigenvalue weighted by molar-refractivity contribution is 5.95. The van der Waals surface area contributed by atoms with Crippen LogP contribution in [0.4, 0.5) is 5.69 Å². The van der Waals surface area contributed by atoms with Gasteiger partial charge in [-0.3, -0.25) is 9.69 Å². The largest absolute Gasteiger partial charge is 0.325 e. The number of aromatic nitrogens is 2. The number of hydrogen-bond donors (Lipinski definition) is 1. The Morgan fingerprint density at radius 1 is 1.41 bits per heavy atom. The first kappa shape index (κ1) is 14.8. The lowest BCUT2D eigenvalue weighted by Gasteiger charge is -2.23. The number of carbonyl (C=O) groups is 1. The van der Waals surface area contributed by atoms with Crippen molar-refractivity contribution >= 4 is 11.6 Å². The van der Waals surface area contributed by atoms with E-state index >= 15 is 0 Å². The van der Waals surface area contributed by atoms with E-state index in [9.17, 15) is 4.79 Å². The van der Waals surface area contributed by atoms with Crippen LogP contribution in [0.5, 0.6) is 0 Å². The van der Waals surface area contributed by atoms with Crippen molar-refractivity contribution in [2.24, 2.45) is 0 Å². The van der Waals surface area contributed by atoms with Crippen LogP contribution in [0, 0.1) is 0 Å². The number of benzene rings is 1. The summed E-state index contributed by atoms with van der Waals surface area (Å²) < 4.78 is 1.79. The summed E-state index contributed by atoms with van der Waals surface area (Å²) in [6.07, 6.45) is 6.77. The summed E-state index contributed by atoms with van der Waals surface area (Å²) in [6, 6.07) is 9.67. The zero-order chi connectivity index (χ0) is 15.4. The molecule has 5 heteroatoms. The van der Waals surface area contributed by atoms with Crippen molar-refractivity contribution in [3.63, 3.8) is 0 Å². The molecule has 1 atom stereocenters. The van der Waals surface area contributed by atoms with Gasteiger partial charge in [-0.05, 0) is 56.6 Å². The van der Waals surface area contributed by atoms with Gasteiger partial charge in [-0.25, -0.2) is 4.68 Å². The van der Waals surface area contributed by atoms with E-state index in [0.29, 0.717) is 0 Å². The third kappa shape index (κ3) is 3.20. The first-order valence-electron chi connectivity index (χ1n) is 7.93. The highest BCUT2D eigenvalue weighted by Gasteiger charge is 2.29. The molecule has 0 unspecified atom stereocenters. The van der Waals surface area contributed by atoms with Crippen molar-refractivity contribution in [1.82, 2.24) is 14.7 Å². The minimum absolute atomic E-state index is 0.00769. The van der Waals surface area contributed by atoms with Crippen LogP contribution in [0.2, 0.25) is 0 Å². The van der Waals surface area contributed by atoms with Gasteiger partial charge in [0.1, 0.15) is 0 Å². The van der Waals surface area contributed by atoms with Crippen LogP contribution in [0.1, 0.15) is 26.2 Å². The first-order valence-corrected chi connectivity index (χ1v) is 7.93. The molecule has 1 N–H and O–H groups in total. The normalized spacial score (nSPS) is 18.5. The van der Waals surface area contributed by atoms with Crippen LogP contribution >= 0.6 is 0 Å². The molecule has 1 aromatic heterocycles. The van der Waals surface area contributed by atoms with Crippen LogP contribution in [0.15, 0.2) is 42.7 Å². The molecule has 2 heterocycles. The predicted octanol–water partition coefficient (Wildman–Crippen LogP) is 2.69. The summed E-state index contributed by atoms with van der Waals surface area (Å²) in [4.78, 5) is 14.8.